The molecule has 1 atom stereocenters. The van der Waals surface area contributed by atoms with Gasteiger partial charge in [-0.2, -0.15) is 0 Å². The summed E-state index contributed by atoms with van der Waals surface area (Å²) >= 11 is 0. The highest BCUT2D eigenvalue weighted by Gasteiger charge is 2.44. The minimum Gasteiger partial charge on any atom is -0.449 e. The van der Waals surface area contributed by atoms with Crippen molar-refractivity contribution in [3.8, 4) is 0 Å². The Kier molecular flexibility index (Phi) is 7.09. The third kappa shape index (κ3) is 4.88. The summed E-state index contributed by atoms with van der Waals surface area (Å²) in [7, 11) is 0. The van der Waals surface area contributed by atoms with Gasteiger partial charge in [0.15, 0.2) is 5.60 Å². The van der Waals surface area contributed by atoms with Crippen molar-refractivity contribution < 1.29 is 14.3 Å². The van der Waals surface area contributed by atoms with Crippen molar-refractivity contribution in [3.05, 3.63) is 114 Å². The molecule has 0 aliphatic rings. The topological polar surface area (TPSA) is 43.4 Å². The summed E-state index contributed by atoms with van der Waals surface area (Å²) < 4.78 is 6.19. The molecule has 0 saturated heterocycles. The SMILES string of the molecule is C=Cc1ccc(CCC(C)(C(C)=O)C(=O)OC(C)(c2ccccc2)c2ccccc2)cc1. The summed E-state index contributed by atoms with van der Waals surface area (Å²) in [5, 5.41) is 0. The van der Waals surface area contributed by atoms with Crippen molar-refractivity contribution in [1.29, 1.82) is 0 Å². The fraction of sp³-hybridized carbons (Fsp3) is 0.241. The van der Waals surface area contributed by atoms with E-state index in [1.54, 1.807) is 13.0 Å². The Bertz CT molecular complexity index is 1030. The highest BCUT2D eigenvalue weighted by Crippen LogP contribution is 2.37. The molecule has 0 heterocycles. The van der Waals surface area contributed by atoms with Crippen LogP contribution in [-0.2, 0) is 26.3 Å². The molecule has 0 saturated carbocycles. The second-order valence-corrected chi connectivity index (χ2v) is 8.49. The van der Waals surface area contributed by atoms with Crippen LogP contribution in [0.15, 0.2) is 91.5 Å². The van der Waals surface area contributed by atoms with Crippen LogP contribution in [0.2, 0.25) is 0 Å². The van der Waals surface area contributed by atoms with Gasteiger partial charge in [-0.15, -0.1) is 0 Å². The zero-order valence-electron chi connectivity index (χ0n) is 19.0. The van der Waals surface area contributed by atoms with E-state index < -0.39 is 17.0 Å². The highest BCUT2D eigenvalue weighted by molar-refractivity contribution is 6.02. The van der Waals surface area contributed by atoms with Crippen molar-refractivity contribution in [2.24, 2.45) is 5.41 Å². The van der Waals surface area contributed by atoms with Gasteiger partial charge in [-0.05, 0) is 55.9 Å². The predicted octanol–water partition coefficient (Wildman–Crippen LogP) is 6.36. The van der Waals surface area contributed by atoms with Gasteiger partial charge in [-0.1, -0.05) is 97.6 Å². The van der Waals surface area contributed by atoms with Crippen LogP contribution in [0, 0.1) is 5.41 Å². The van der Waals surface area contributed by atoms with E-state index in [-0.39, 0.29) is 5.78 Å². The highest BCUT2D eigenvalue weighted by atomic mass is 16.6. The van der Waals surface area contributed by atoms with E-state index in [4.69, 9.17) is 4.74 Å². The molecule has 0 amide bonds. The number of carbonyl (C=O) groups is 2. The molecular formula is C29H30O3. The molecule has 3 nitrogen and oxygen atoms in total. The Morgan fingerprint density at radius 3 is 1.78 bits per heavy atom. The molecule has 0 radical (unpaired) electrons. The first-order chi connectivity index (χ1) is 15.3. The van der Waals surface area contributed by atoms with Crippen molar-refractivity contribution in [2.75, 3.05) is 0 Å². The molecule has 3 aromatic carbocycles. The second kappa shape index (κ2) is 9.78. The van der Waals surface area contributed by atoms with Gasteiger partial charge in [0, 0.05) is 0 Å². The van der Waals surface area contributed by atoms with Crippen molar-refractivity contribution in [1.82, 2.24) is 0 Å². The van der Waals surface area contributed by atoms with Crippen LogP contribution in [-0.4, -0.2) is 11.8 Å². The van der Waals surface area contributed by atoms with Gasteiger partial charge in [0.2, 0.25) is 0 Å². The van der Waals surface area contributed by atoms with Crippen LogP contribution >= 0.6 is 0 Å². The number of hydrogen-bond donors (Lipinski definition) is 0. The average molecular weight is 427 g/mol. The number of ketones is 1. The summed E-state index contributed by atoms with van der Waals surface area (Å²) in [6, 6.07) is 27.2. The zero-order valence-corrected chi connectivity index (χ0v) is 19.0. The van der Waals surface area contributed by atoms with Gasteiger partial charge in [0.1, 0.15) is 11.2 Å². The fourth-order valence-electron chi connectivity index (χ4n) is 3.73. The second-order valence-electron chi connectivity index (χ2n) is 8.49. The normalized spacial score (nSPS) is 13.1. The van der Waals surface area contributed by atoms with E-state index in [1.807, 2.05) is 91.9 Å². The lowest BCUT2D eigenvalue weighted by atomic mass is 9.79. The van der Waals surface area contributed by atoms with E-state index in [9.17, 15) is 9.59 Å². The molecule has 0 bridgehead atoms. The summed E-state index contributed by atoms with van der Waals surface area (Å²) in [6.45, 7) is 8.80. The number of Topliss-reactive ketones (excluding diaryl/α,β-unsaturated/α-hetero) is 1. The lowest BCUT2D eigenvalue weighted by molar-refractivity contribution is -0.170. The largest absolute Gasteiger partial charge is 0.449 e. The minimum atomic E-state index is -1.25. The van der Waals surface area contributed by atoms with E-state index in [0.717, 1.165) is 22.3 Å². The fourth-order valence-corrected chi connectivity index (χ4v) is 3.73. The molecule has 1 unspecified atom stereocenters. The molecule has 0 aliphatic carbocycles. The summed E-state index contributed by atoms with van der Waals surface area (Å²) in [4.78, 5) is 26.2. The standard InChI is InChI=1S/C29H30O3/c1-5-23-16-18-24(19-17-23)20-21-28(3,22(2)30)27(31)32-29(4,25-12-8-6-9-13-25)26-14-10-7-11-15-26/h5-19H,1,20-21H2,2-4H3. The number of rotatable bonds is 9. The number of carbonyl (C=O) groups excluding carboxylic acids is 2. The molecule has 3 heteroatoms. The van der Waals surface area contributed by atoms with Crippen LogP contribution in [0.1, 0.15) is 49.4 Å². The lowest BCUT2D eigenvalue weighted by Crippen LogP contribution is -2.42. The number of hydrogen-bond acceptors (Lipinski definition) is 3. The summed E-state index contributed by atoms with van der Waals surface area (Å²) in [5.41, 5.74) is 1.54. The van der Waals surface area contributed by atoms with E-state index in [1.165, 1.54) is 6.92 Å². The van der Waals surface area contributed by atoms with Gasteiger partial charge in [-0.3, -0.25) is 9.59 Å². The maximum absolute atomic E-state index is 13.5. The summed E-state index contributed by atoms with van der Waals surface area (Å²) in [5.74, 6) is -0.711. The maximum Gasteiger partial charge on any atom is 0.320 e. The molecular weight excluding hydrogens is 396 g/mol. The third-order valence-corrected chi connectivity index (χ3v) is 6.30. The Morgan fingerprint density at radius 1 is 0.844 bits per heavy atom. The zero-order chi connectivity index (χ0) is 23.2. The first-order valence-electron chi connectivity index (χ1n) is 10.9. The number of esters is 1. The van der Waals surface area contributed by atoms with Crippen molar-refractivity contribution in [2.45, 2.75) is 39.2 Å². The molecule has 0 N–H and O–H groups in total. The van der Waals surface area contributed by atoms with Crippen LogP contribution in [0.25, 0.3) is 6.08 Å². The molecule has 0 fully saturated rings. The third-order valence-electron chi connectivity index (χ3n) is 6.30. The van der Waals surface area contributed by atoms with Crippen LogP contribution in [0.5, 0.6) is 0 Å². The van der Waals surface area contributed by atoms with Crippen LogP contribution in [0.3, 0.4) is 0 Å². The molecule has 0 aliphatic heterocycles. The average Bonchev–Trinajstić information content (AvgIpc) is 2.83. The molecule has 164 valence electrons. The molecule has 32 heavy (non-hydrogen) atoms. The van der Waals surface area contributed by atoms with Gasteiger partial charge >= 0.3 is 5.97 Å². The maximum atomic E-state index is 13.5. The van der Waals surface area contributed by atoms with Gasteiger partial charge in [0.25, 0.3) is 0 Å². The Hall–Kier alpha value is -3.46. The smallest absolute Gasteiger partial charge is 0.320 e. The molecule has 3 rings (SSSR count). The van der Waals surface area contributed by atoms with Crippen LogP contribution < -0.4 is 0 Å². The molecule has 0 aromatic heterocycles. The van der Waals surface area contributed by atoms with E-state index in [2.05, 4.69) is 6.58 Å². The number of aryl methyl sites for hydroxylation is 1. The first kappa shape index (κ1) is 23.2. The van der Waals surface area contributed by atoms with Crippen molar-refractivity contribution in [3.63, 3.8) is 0 Å². The van der Waals surface area contributed by atoms with Crippen LogP contribution in [0.4, 0.5) is 0 Å². The Labute approximate surface area is 190 Å². The monoisotopic (exact) mass is 426 g/mol. The number of benzene rings is 3. The summed E-state index contributed by atoms with van der Waals surface area (Å²) in [6.07, 6.45) is 2.75. The van der Waals surface area contributed by atoms with E-state index in [0.29, 0.717) is 12.8 Å². The molecule has 0 spiro atoms. The Balaban J connectivity index is 1.89. The molecule has 3 aromatic rings. The number of ether oxygens (including phenoxy) is 1. The van der Waals surface area contributed by atoms with Gasteiger partial charge in [0.05, 0.1) is 0 Å². The van der Waals surface area contributed by atoms with E-state index >= 15 is 0 Å². The lowest BCUT2D eigenvalue weighted by Gasteiger charge is -2.35. The van der Waals surface area contributed by atoms with Gasteiger partial charge < -0.3 is 4.74 Å². The quantitative estimate of drug-likeness (QED) is 0.295. The predicted molar refractivity (Wildman–Crippen MR) is 129 cm³/mol. The Morgan fingerprint density at radius 2 is 1.34 bits per heavy atom. The minimum absolute atomic E-state index is 0.200. The first-order valence-corrected chi connectivity index (χ1v) is 10.9. The van der Waals surface area contributed by atoms with Gasteiger partial charge in [-0.25, -0.2) is 0 Å². The van der Waals surface area contributed by atoms with Crippen molar-refractivity contribution >= 4 is 17.8 Å².